The highest BCUT2D eigenvalue weighted by molar-refractivity contribution is 5.78. The monoisotopic (exact) mass is 287 g/mol. The van der Waals surface area contributed by atoms with Crippen LogP contribution in [-0.4, -0.2) is 51.2 Å². The quantitative estimate of drug-likeness (QED) is 0.912. The highest BCUT2D eigenvalue weighted by Crippen LogP contribution is 2.30. The third-order valence-corrected chi connectivity index (χ3v) is 3.63. The van der Waals surface area contributed by atoms with Crippen LogP contribution in [0.2, 0.25) is 0 Å². The zero-order valence-electron chi connectivity index (χ0n) is 11.8. The fraction of sp³-hybridized carbons (Fsp3) is 0.429. The van der Waals surface area contributed by atoms with Crippen LogP contribution in [0, 0.1) is 0 Å². The Balaban J connectivity index is 1.78. The Morgan fingerprint density at radius 3 is 3.05 bits per heavy atom. The predicted molar refractivity (Wildman–Crippen MR) is 75.2 cm³/mol. The summed E-state index contributed by atoms with van der Waals surface area (Å²) in [4.78, 5) is 22.7. The van der Waals surface area contributed by atoms with Gasteiger partial charge in [0, 0.05) is 19.9 Å². The molecule has 0 spiro atoms. The molecule has 0 radical (unpaired) electrons. The molecule has 1 atom stereocenters. The maximum Gasteiger partial charge on any atom is 0.249 e. The van der Waals surface area contributed by atoms with Crippen molar-refractivity contribution >= 4 is 5.91 Å². The second kappa shape index (κ2) is 6.01. The first-order chi connectivity index (χ1) is 10.3. The molecule has 1 saturated heterocycles. The number of carbonyl (C=O) groups excluding carboxylic acids is 1. The molecule has 0 aliphatic carbocycles. The van der Waals surface area contributed by atoms with Gasteiger partial charge in [0.1, 0.15) is 12.3 Å². The van der Waals surface area contributed by atoms with Crippen LogP contribution in [-0.2, 0) is 9.53 Å². The van der Waals surface area contributed by atoms with Gasteiger partial charge in [-0.15, -0.1) is 0 Å². The second-order valence-corrected chi connectivity index (χ2v) is 4.97. The summed E-state index contributed by atoms with van der Waals surface area (Å²) in [5.74, 6) is -0.000514. The minimum absolute atomic E-state index is 0.000514. The number of rotatable bonds is 4. The zero-order valence-corrected chi connectivity index (χ0v) is 11.8. The number of hydrogen-bond donors (Lipinski definition) is 1. The SMILES string of the molecule is COCC(=O)N1CCCC1c1cnc(-c2ccn[nH]2)cn1. The Kier molecular flexibility index (Phi) is 3.92. The first-order valence-corrected chi connectivity index (χ1v) is 6.89. The number of aromatic amines is 1. The van der Waals surface area contributed by atoms with E-state index in [9.17, 15) is 4.79 Å². The standard InChI is InChI=1S/C14H17N5O2/c1-21-9-14(20)19-6-2-3-13(19)12-8-15-11(7-16-12)10-4-5-17-18-10/h4-5,7-8,13H,2-3,6,9H2,1H3,(H,17,18). The molecule has 0 aromatic carbocycles. The van der Waals surface area contributed by atoms with Crippen molar-refractivity contribution in [1.29, 1.82) is 0 Å². The molecule has 2 aromatic rings. The summed E-state index contributed by atoms with van der Waals surface area (Å²) in [7, 11) is 1.53. The van der Waals surface area contributed by atoms with E-state index in [0.717, 1.165) is 36.5 Å². The fourth-order valence-corrected chi connectivity index (χ4v) is 2.63. The summed E-state index contributed by atoms with van der Waals surface area (Å²) >= 11 is 0. The Morgan fingerprint density at radius 2 is 2.38 bits per heavy atom. The Morgan fingerprint density at radius 1 is 1.48 bits per heavy atom. The number of nitrogens with one attached hydrogen (secondary N) is 1. The lowest BCUT2D eigenvalue weighted by Crippen LogP contribution is -2.33. The number of likely N-dealkylation sites (tertiary alicyclic amines) is 1. The van der Waals surface area contributed by atoms with Gasteiger partial charge in [-0.1, -0.05) is 0 Å². The molecule has 1 N–H and O–H groups in total. The molecule has 110 valence electrons. The molecule has 0 bridgehead atoms. The highest BCUT2D eigenvalue weighted by atomic mass is 16.5. The van der Waals surface area contributed by atoms with Crippen LogP contribution in [0.15, 0.2) is 24.7 Å². The molecule has 1 fully saturated rings. The van der Waals surface area contributed by atoms with Gasteiger partial charge in [0.2, 0.25) is 5.91 Å². The maximum absolute atomic E-state index is 12.0. The van der Waals surface area contributed by atoms with E-state index >= 15 is 0 Å². The van der Waals surface area contributed by atoms with Gasteiger partial charge in [0.05, 0.1) is 29.8 Å². The van der Waals surface area contributed by atoms with Gasteiger partial charge >= 0.3 is 0 Å². The van der Waals surface area contributed by atoms with E-state index in [0.29, 0.717) is 0 Å². The molecule has 7 heteroatoms. The van der Waals surface area contributed by atoms with Gasteiger partial charge in [-0.2, -0.15) is 5.10 Å². The van der Waals surface area contributed by atoms with Crippen molar-refractivity contribution in [3.63, 3.8) is 0 Å². The maximum atomic E-state index is 12.0. The molecule has 1 unspecified atom stereocenters. The summed E-state index contributed by atoms with van der Waals surface area (Å²) in [6.07, 6.45) is 7.00. The van der Waals surface area contributed by atoms with E-state index < -0.39 is 0 Å². The van der Waals surface area contributed by atoms with Crippen LogP contribution in [0.3, 0.4) is 0 Å². The zero-order chi connectivity index (χ0) is 14.7. The van der Waals surface area contributed by atoms with E-state index in [4.69, 9.17) is 4.74 Å². The average molecular weight is 287 g/mol. The van der Waals surface area contributed by atoms with Crippen molar-refractivity contribution in [1.82, 2.24) is 25.1 Å². The second-order valence-electron chi connectivity index (χ2n) is 4.97. The summed E-state index contributed by atoms with van der Waals surface area (Å²) < 4.78 is 4.93. The van der Waals surface area contributed by atoms with Crippen LogP contribution in [0.4, 0.5) is 0 Å². The van der Waals surface area contributed by atoms with E-state index in [-0.39, 0.29) is 18.6 Å². The van der Waals surface area contributed by atoms with Gasteiger partial charge in [-0.3, -0.25) is 19.9 Å². The Bertz CT molecular complexity index is 596. The normalized spacial score (nSPS) is 18.1. The third kappa shape index (κ3) is 2.78. The van der Waals surface area contributed by atoms with Crippen molar-refractivity contribution in [3.8, 4) is 11.4 Å². The van der Waals surface area contributed by atoms with Gasteiger partial charge in [-0.25, -0.2) is 0 Å². The largest absolute Gasteiger partial charge is 0.375 e. The van der Waals surface area contributed by atoms with Crippen molar-refractivity contribution in [2.45, 2.75) is 18.9 Å². The Labute approximate surface area is 122 Å². The summed E-state index contributed by atoms with van der Waals surface area (Å²) in [6, 6.07) is 1.84. The molecule has 0 saturated carbocycles. The van der Waals surface area contributed by atoms with Crippen LogP contribution in [0.1, 0.15) is 24.6 Å². The van der Waals surface area contributed by atoms with Crippen molar-refractivity contribution in [3.05, 3.63) is 30.4 Å². The number of hydrogen-bond acceptors (Lipinski definition) is 5. The number of carbonyl (C=O) groups is 1. The molecular formula is C14H17N5O2. The number of H-pyrrole nitrogens is 1. The van der Waals surface area contributed by atoms with Gasteiger partial charge in [-0.05, 0) is 18.9 Å². The minimum Gasteiger partial charge on any atom is -0.375 e. The van der Waals surface area contributed by atoms with E-state index in [1.807, 2.05) is 11.0 Å². The minimum atomic E-state index is -0.00373. The molecule has 2 aromatic heterocycles. The summed E-state index contributed by atoms with van der Waals surface area (Å²) in [5.41, 5.74) is 2.39. The lowest BCUT2D eigenvalue weighted by molar-refractivity contribution is -0.136. The molecule has 1 amide bonds. The molecule has 1 aliphatic heterocycles. The number of nitrogens with zero attached hydrogens (tertiary/aromatic N) is 4. The van der Waals surface area contributed by atoms with Crippen LogP contribution in [0.25, 0.3) is 11.4 Å². The third-order valence-electron chi connectivity index (χ3n) is 3.63. The summed E-state index contributed by atoms with van der Waals surface area (Å²) in [6.45, 7) is 0.854. The average Bonchev–Trinajstić information content (AvgIpc) is 3.19. The molecule has 3 heterocycles. The van der Waals surface area contributed by atoms with E-state index in [1.165, 1.54) is 7.11 Å². The number of amides is 1. The van der Waals surface area contributed by atoms with E-state index in [1.54, 1.807) is 18.6 Å². The molecule has 3 rings (SSSR count). The molecule has 7 nitrogen and oxygen atoms in total. The van der Waals surface area contributed by atoms with Crippen LogP contribution < -0.4 is 0 Å². The van der Waals surface area contributed by atoms with Gasteiger partial charge in [0.15, 0.2) is 0 Å². The van der Waals surface area contributed by atoms with E-state index in [2.05, 4.69) is 20.2 Å². The first kappa shape index (κ1) is 13.7. The predicted octanol–water partition coefficient (Wildman–Crippen LogP) is 1.18. The molecule has 21 heavy (non-hydrogen) atoms. The fourth-order valence-electron chi connectivity index (χ4n) is 2.63. The van der Waals surface area contributed by atoms with Crippen LogP contribution >= 0.6 is 0 Å². The van der Waals surface area contributed by atoms with Gasteiger partial charge in [0.25, 0.3) is 0 Å². The van der Waals surface area contributed by atoms with Gasteiger partial charge < -0.3 is 9.64 Å². The lowest BCUT2D eigenvalue weighted by Gasteiger charge is -2.23. The number of methoxy groups -OCH3 is 1. The summed E-state index contributed by atoms with van der Waals surface area (Å²) in [5, 5.41) is 6.75. The molecule has 1 aliphatic rings. The number of aromatic nitrogens is 4. The van der Waals surface area contributed by atoms with Crippen molar-refractivity contribution in [2.75, 3.05) is 20.3 Å². The van der Waals surface area contributed by atoms with Crippen molar-refractivity contribution < 1.29 is 9.53 Å². The number of ether oxygens (including phenoxy) is 1. The first-order valence-electron chi connectivity index (χ1n) is 6.89. The smallest absolute Gasteiger partial charge is 0.249 e. The highest BCUT2D eigenvalue weighted by Gasteiger charge is 2.30. The molecular weight excluding hydrogens is 270 g/mol. The van der Waals surface area contributed by atoms with Crippen LogP contribution in [0.5, 0.6) is 0 Å². The lowest BCUT2D eigenvalue weighted by atomic mass is 10.1. The topological polar surface area (TPSA) is 84.0 Å². The van der Waals surface area contributed by atoms with Crippen molar-refractivity contribution in [2.24, 2.45) is 0 Å². The Hall–Kier alpha value is -2.28.